The van der Waals surface area contributed by atoms with Gasteiger partial charge in [0.2, 0.25) is 0 Å². The van der Waals surface area contributed by atoms with Crippen LogP contribution in [0.3, 0.4) is 0 Å². The molecule has 1 N–H and O–H groups in total. The molecule has 4 heterocycles. The third kappa shape index (κ3) is 2.28. The van der Waals surface area contributed by atoms with E-state index in [2.05, 4.69) is 25.5 Å². The summed E-state index contributed by atoms with van der Waals surface area (Å²) in [4.78, 5) is 14.2. The SMILES string of the molecule is O=C(N[C@@H]1CCN(c2ccc3nncn3n2)C1)c1ccoc1. The van der Waals surface area contributed by atoms with Crippen LogP contribution in [-0.4, -0.2) is 44.8 Å². The van der Waals surface area contributed by atoms with Crippen LogP contribution in [0.2, 0.25) is 0 Å². The van der Waals surface area contributed by atoms with Crippen molar-refractivity contribution in [3.05, 3.63) is 42.6 Å². The maximum absolute atomic E-state index is 12.0. The Labute approximate surface area is 125 Å². The van der Waals surface area contributed by atoms with Crippen molar-refractivity contribution >= 4 is 17.4 Å². The van der Waals surface area contributed by atoms with Gasteiger partial charge in [0.15, 0.2) is 5.65 Å². The molecule has 0 bridgehead atoms. The van der Waals surface area contributed by atoms with E-state index in [0.717, 1.165) is 25.3 Å². The summed E-state index contributed by atoms with van der Waals surface area (Å²) >= 11 is 0. The molecule has 4 rings (SSSR count). The summed E-state index contributed by atoms with van der Waals surface area (Å²) in [5.41, 5.74) is 1.26. The molecule has 22 heavy (non-hydrogen) atoms. The lowest BCUT2D eigenvalue weighted by molar-refractivity contribution is 0.0940. The van der Waals surface area contributed by atoms with Gasteiger partial charge < -0.3 is 14.6 Å². The first-order valence-corrected chi connectivity index (χ1v) is 7.05. The van der Waals surface area contributed by atoms with Crippen LogP contribution < -0.4 is 10.2 Å². The van der Waals surface area contributed by atoms with Crippen LogP contribution in [0.15, 0.2) is 41.5 Å². The highest BCUT2D eigenvalue weighted by atomic mass is 16.3. The predicted octanol–water partition coefficient (Wildman–Crippen LogP) is 0.726. The van der Waals surface area contributed by atoms with Crippen molar-refractivity contribution < 1.29 is 9.21 Å². The van der Waals surface area contributed by atoms with Crippen molar-refractivity contribution in [2.24, 2.45) is 0 Å². The molecule has 8 heteroatoms. The molecule has 3 aromatic heterocycles. The third-order valence-electron chi connectivity index (χ3n) is 3.78. The summed E-state index contributed by atoms with van der Waals surface area (Å²) in [6, 6.07) is 5.56. The van der Waals surface area contributed by atoms with E-state index in [0.29, 0.717) is 11.2 Å². The van der Waals surface area contributed by atoms with Crippen LogP contribution in [0.25, 0.3) is 5.65 Å². The first kappa shape index (κ1) is 12.8. The monoisotopic (exact) mass is 298 g/mol. The van der Waals surface area contributed by atoms with Gasteiger partial charge in [-0.25, -0.2) is 0 Å². The number of furan rings is 1. The van der Waals surface area contributed by atoms with Crippen LogP contribution in [0.4, 0.5) is 5.82 Å². The smallest absolute Gasteiger partial charge is 0.254 e. The van der Waals surface area contributed by atoms with Gasteiger partial charge in [0.25, 0.3) is 5.91 Å². The van der Waals surface area contributed by atoms with Crippen LogP contribution in [0.1, 0.15) is 16.8 Å². The first-order chi connectivity index (χ1) is 10.8. The van der Waals surface area contributed by atoms with E-state index in [9.17, 15) is 4.79 Å². The molecule has 1 aliphatic rings. The Bertz CT molecular complexity index is 797. The quantitative estimate of drug-likeness (QED) is 0.766. The number of rotatable bonds is 3. The number of anilines is 1. The van der Waals surface area contributed by atoms with Gasteiger partial charge >= 0.3 is 0 Å². The molecule has 0 aromatic carbocycles. The summed E-state index contributed by atoms with van der Waals surface area (Å²) < 4.78 is 6.57. The first-order valence-electron chi connectivity index (χ1n) is 7.05. The van der Waals surface area contributed by atoms with Gasteiger partial charge in [-0.15, -0.1) is 15.3 Å². The maximum Gasteiger partial charge on any atom is 0.254 e. The largest absolute Gasteiger partial charge is 0.472 e. The highest BCUT2D eigenvalue weighted by Gasteiger charge is 2.25. The van der Waals surface area contributed by atoms with Crippen molar-refractivity contribution in [2.45, 2.75) is 12.5 Å². The Balaban J connectivity index is 1.44. The van der Waals surface area contributed by atoms with E-state index in [-0.39, 0.29) is 11.9 Å². The zero-order valence-corrected chi connectivity index (χ0v) is 11.7. The van der Waals surface area contributed by atoms with E-state index in [1.165, 1.54) is 12.5 Å². The van der Waals surface area contributed by atoms with Crippen molar-refractivity contribution in [3.8, 4) is 0 Å². The van der Waals surface area contributed by atoms with E-state index >= 15 is 0 Å². The molecule has 3 aromatic rings. The molecule has 0 spiro atoms. The van der Waals surface area contributed by atoms with Crippen LogP contribution >= 0.6 is 0 Å². The maximum atomic E-state index is 12.0. The summed E-state index contributed by atoms with van der Waals surface area (Å²) in [6.07, 6.45) is 5.40. The highest BCUT2D eigenvalue weighted by Crippen LogP contribution is 2.18. The van der Waals surface area contributed by atoms with Gasteiger partial charge in [-0.1, -0.05) is 0 Å². The molecule has 1 aliphatic heterocycles. The molecule has 1 fully saturated rings. The second-order valence-electron chi connectivity index (χ2n) is 5.24. The second kappa shape index (κ2) is 5.14. The number of carbonyl (C=O) groups is 1. The summed E-state index contributed by atoms with van der Waals surface area (Å²) in [5.74, 6) is 0.746. The lowest BCUT2D eigenvalue weighted by atomic mass is 10.2. The molecule has 0 saturated carbocycles. The molecular weight excluding hydrogens is 284 g/mol. The molecule has 8 nitrogen and oxygen atoms in total. The van der Waals surface area contributed by atoms with E-state index in [1.54, 1.807) is 16.9 Å². The minimum absolute atomic E-state index is 0.0980. The van der Waals surface area contributed by atoms with Gasteiger partial charge in [-0.2, -0.15) is 4.52 Å². The third-order valence-corrected chi connectivity index (χ3v) is 3.78. The van der Waals surface area contributed by atoms with Gasteiger partial charge in [-0.05, 0) is 24.6 Å². The van der Waals surface area contributed by atoms with Crippen LogP contribution in [0, 0.1) is 0 Å². The Kier molecular flexibility index (Phi) is 2.99. The number of fused-ring (bicyclic) bond motifs is 1. The fraction of sp³-hybridized carbons (Fsp3) is 0.286. The van der Waals surface area contributed by atoms with Gasteiger partial charge in [0.05, 0.1) is 11.8 Å². The number of nitrogens with zero attached hydrogens (tertiary/aromatic N) is 5. The average Bonchev–Trinajstić information content (AvgIpc) is 3.27. The fourth-order valence-electron chi connectivity index (χ4n) is 2.64. The molecule has 0 aliphatic carbocycles. The fourth-order valence-corrected chi connectivity index (χ4v) is 2.64. The Hall–Kier alpha value is -2.90. The number of aromatic nitrogens is 4. The lowest BCUT2D eigenvalue weighted by Gasteiger charge is -2.17. The minimum atomic E-state index is -0.108. The highest BCUT2D eigenvalue weighted by molar-refractivity contribution is 5.94. The lowest BCUT2D eigenvalue weighted by Crippen LogP contribution is -2.37. The summed E-state index contributed by atoms with van der Waals surface area (Å²) in [6.45, 7) is 1.57. The van der Waals surface area contributed by atoms with Gasteiger partial charge in [0.1, 0.15) is 18.4 Å². The van der Waals surface area contributed by atoms with E-state index in [4.69, 9.17) is 4.42 Å². The van der Waals surface area contributed by atoms with Crippen molar-refractivity contribution in [2.75, 3.05) is 18.0 Å². The molecule has 0 unspecified atom stereocenters. The molecule has 112 valence electrons. The minimum Gasteiger partial charge on any atom is -0.472 e. The van der Waals surface area contributed by atoms with Crippen molar-refractivity contribution in [1.82, 2.24) is 25.1 Å². The zero-order valence-electron chi connectivity index (χ0n) is 11.7. The molecule has 1 saturated heterocycles. The van der Waals surface area contributed by atoms with E-state index in [1.807, 2.05) is 12.1 Å². The normalized spacial score (nSPS) is 18.0. The molecule has 1 amide bonds. The molecule has 1 atom stereocenters. The standard InChI is InChI=1S/C14H14N6O2/c21-14(10-4-6-22-8-10)16-11-3-5-19(7-11)13-2-1-12-17-15-9-20(12)18-13/h1-2,4,6,8-9,11H,3,5,7H2,(H,16,21)/t11-/m1/s1. The summed E-state index contributed by atoms with van der Waals surface area (Å²) in [5, 5.41) is 15.2. The topological polar surface area (TPSA) is 88.6 Å². The van der Waals surface area contributed by atoms with E-state index < -0.39 is 0 Å². The Morgan fingerprint density at radius 1 is 1.36 bits per heavy atom. The van der Waals surface area contributed by atoms with Crippen molar-refractivity contribution in [3.63, 3.8) is 0 Å². The second-order valence-corrected chi connectivity index (χ2v) is 5.24. The average molecular weight is 298 g/mol. The number of hydrogen-bond acceptors (Lipinski definition) is 6. The molecular formula is C14H14N6O2. The Morgan fingerprint density at radius 3 is 3.18 bits per heavy atom. The Morgan fingerprint density at radius 2 is 2.32 bits per heavy atom. The zero-order chi connectivity index (χ0) is 14.9. The number of hydrogen-bond donors (Lipinski definition) is 1. The molecule has 0 radical (unpaired) electrons. The van der Waals surface area contributed by atoms with Crippen molar-refractivity contribution in [1.29, 1.82) is 0 Å². The number of amides is 1. The van der Waals surface area contributed by atoms with Gasteiger partial charge in [-0.3, -0.25) is 4.79 Å². The summed E-state index contributed by atoms with van der Waals surface area (Å²) in [7, 11) is 0. The van der Waals surface area contributed by atoms with Crippen LogP contribution in [0.5, 0.6) is 0 Å². The number of carbonyl (C=O) groups excluding carboxylic acids is 1. The van der Waals surface area contributed by atoms with Gasteiger partial charge in [0, 0.05) is 19.1 Å². The predicted molar refractivity (Wildman–Crippen MR) is 77.6 cm³/mol. The number of nitrogens with one attached hydrogen (secondary N) is 1. The van der Waals surface area contributed by atoms with Crippen LogP contribution in [-0.2, 0) is 0 Å².